The van der Waals surface area contributed by atoms with Crippen LogP contribution in [0.2, 0.25) is 0 Å². The molecule has 4 aromatic rings. The fourth-order valence-corrected chi connectivity index (χ4v) is 4.82. The Morgan fingerprint density at radius 1 is 0.719 bits per heavy atom. The predicted molar refractivity (Wildman–Crippen MR) is 123 cm³/mol. The lowest BCUT2D eigenvalue weighted by molar-refractivity contribution is 0.0717. The molecular weight excluding hydrogens is 422 g/mol. The molecular formula is C26H23NO4S. The molecule has 0 unspecified atom stereocenters. The van der Waals surface area contributed by atoms with Crippen LogP contribution in [0.1, 0.15) is 27.2 Å². The quantitative estimate of drug-likeness (QED) is 0.379. The van der Waals surface area contributed by atoms with Crippen LogP contribution in [0.4, 0.5) is 0 Å². The lowest BCUT2D eigenvalue weighted by atomic mass is 10.1. The number of benzene rings is 3. The molecule has 1 amide bonds. The smallest absolute Gasteiger partial charge is 0.254 e. The lowest BCUT2D eigenvalue weighted by Crippen LogP contribution is -2.30. The molecule has 0 spiro atoms. The Labute approximate surface area is 187 Å². The van der Waals surface area contributed by atoms with Gasteiger partial charge in [0.15, 0.2) is 9.84 Å². The van der Waals surface area contributed by atoms with Crippen LogP contribution in [0.15, 0.2) is 113 Å². The number of hydrogen-bond acceptors (Lipinski definition) is 4. The van der Waals surface area contributed by atoms with Gasteiger partial charge in [0, 0.05) is 12.1 Å². The number of furan rings is 1. The number of nitrogens with zero attached hydrogens (tertiary/aromatic N) is 1. The van der Waals surface area contributed by atoms with Crippen LogP contribution in [-0.2, 0) is 28.7 Å². The first-order valence-electron chi connectivity index (χ1n) is 10.2. The fraction of sp³-hybridized carbons (Fsp3) is 0.115. The van der Waals surface area contributed by atoms with Gasteiger partial charge in [0.25, 0.3) is 5.91 Å². The van der Waals surface area contributed by atoms with Gasteiger partial charge in [0.1, 0.15) is 5.76 Å². The molecule has 0 aliphatic carbocycles. The molecule has 0 atom stereocenters. The van der Waals surface area contributed by atoms with E-state index in [1.54, 1.807) is 71.8 Å². The molecule has 162 valence electrons. The lowest BCUT2D eigenvalue weighted by Gasteiger charge is -2.22. The Morgan fingerprint density at radius 2 is 1.38 bits per heavy atom. The summed E-state index contributed by atoms with van der Waals surface area (Å²) in [6.45, 7) is 0.773. The average molecular weight is 446 g/mol. The van der Waals surface area contributed by atoms with Gasteiger partial charge in [-0.3, -0.25) is 4.79 Å². The molecule has 0 fully saturated rings. The second-order valence-electron chi connectivity index (χ2n) is 7.50. The van der Waals surface area contributed by atoms with Gasteiger partial charge in [-0.05, 0) is 47.5 Å². The molecule has 32 heavy (non-hydrogen) atoms. The number of sulfone groups is 1. The van der Waals surface area contributed by atoms with Crippen LogP contribution >= 0.6 is 0 Å². The predicted octanol–water partition coefficient (Wildman–Crippen LogP) is 5.10. The van der Waals surface area contributed by atoms with E-state index in [1.165, 1.54) is 0 Å². The van der Waals surface area contributed by atoms with Gasteiger partial charge in [-0.25, -0.2) is 8.42 Å². The van der Waals surface area contributed by atoms with Crippen LogP contribution in [0, 0.1) is 0 Å². The SMILES string of the molecule is O=C(c1ccc(CS(=O)(=O)c2ccccc2)cc1)N(Cc1ccccc1)Cc1ccco1. The maximum Gasteiger partial charge on any atom is 0.254 e. The molecule has 1 aromatic heterocycles. The zero-order chi connectivity index (χ0) is 22.4. The van der Waals surface area contributed by atoms with E-state index >= 15 is 0 Å². The van der Waals surface area contributed by atoms with Gasteiger partial charge in [0.05, 0.1) is 23.5 Å². The fourth-order valence-electron chi connectivity index (χ4n) is 3.45. The molecule has 0 aliphatic rings. The van der Waals surface area contributed by atoms with Crippen LogP contribution < -0.4 is 0 Å². The van der Waals surface area contributed by atoms with Crippen LogP contribution in [-0.4, -0.2) is 19.2 Å². The van der Waals surface area contributed by atoms with E-state index in [9.17, 15) is 13.2 Å². The van der Waals surface area contributed by atoms with Crippen molar-refractivity contribution in [3.63, 3.8) is 0 Å². The average Bonchev–Trinajstić information content (AvgIpc) is 3.33. The zero-order valence-corrected chi connectivity index (χ0v) is 18.2. The van der Waals surface area contributed by atoms with E-state index in [0.29, 0.717) is 30.0 Å². The van der Waals surface area contributed by atoms with Crippen LogP contribution in [0.3, 0.4) is 0 Å². The Hall–Kier alpha value is -3.64. The summed E-state index contributed by atoms with van der Waals surface area (Å²) in [6.07, 6.45) is 1.59. The molecule has 0 saturated carbocycles. The van der Waals surface area contributed by atoms with Crippen molar-refractivity contribution in [1.29, 1.82) is 0 Å². The molecule has 0 aliphatic heterocycles. The van der Waals surface area contributed by atoms with Crippen molar-refractivity contribution in [2.75, 3.05) is 0 Å². The highest BCUT2D eigenvalue weighted by Gasteiger charge is 2.19. The molecule has 0 saturated heterocycles. The van der Waals surface area contributed by atoms with Crippen molar-refractivity contribution in [2.45, 2.75) is 23.7 Å². The molecule has 0 bridgehead atoms. The molecule has 1 heterocycles. The van der Waals surface area contributed by atoms with Crippen molar-refractivity contribution >= 4 is 15.7 Å². The third-order valence-corrected chi connectivity index (χ3v) is 6.79. The zero-order valence-electron chi connectivity index (χ0n) is 17.4. The first-order chi connectivity index (χ1) is 15.5. The van der Waals surface area contributed by atoms with E-state index < -0.39 is 9.84 Å². The minimum atomic E-state index is -3.45. The number of carbonyl (C=O) groups is 1. The second-order valence-corrected chi connectivity index (χ2v) is 9.48. The van der Waals surface area contributed by atoms with Gasteiger partial charge in [0.2, 0.25) is 0 Å². The highest BCUT2D eigenvalue weighted by Crippen LogP contribution is 2.19. The number of hydrogen-bond donors (Lipinski definition) is 0. The molecule has 0 N–H and O–H groups in total. The maximum absolute atomic E-state index is 13.3. The highest BCUT2D eigenvalue weighted by atomic mass is 32.2. The number of amides is 1. The normalized spacial score (nSPS) is 11.2. The second kappa shape index (κ2) is 9.66. The summed E-state index contributed by atoms with van der Waals surface area (Å²) < 4.78 is 30.7. The van der Waals surface area contributed by atoms with Crippen molar-refractivity contribution < 1.29 is 17.6 Å². The van der Waals surface area contributed by atoms with Crippen molar-refractivity contribution in [2.24, 2.45) is 0 Å². The minimum Gasteiger partial charge on any atom is -0.467 e. The van der Waals surface area contributed by atoms with E-state index in [2.05, 4.69) is 0 Å². The summed E-state index contributed by atoms with van der Waals surface area (Å²) >= 11 is 0. The molecule has 3 aromatic carbocycles. The Bertz CT molecular complexity index is 1250. The van der Waals surface area contributed by atoms with Crippen LogP contribution in [0.25, 0.3) is 0 Å². The summed E-state index contributed by atoms with van der Waals surface area (Å²) in [5, 5.41) is 0. The largest absolute Gasteiger partial charge is 0.467 e. The Kier molecular flexibility index (Phi) is 6.52. The standard InChI is InChI=1S/C26H23NO4S/c28-26(27(19-24-10-7-17-31-24)18-21-8-3-1-4-9-21)23-15-13-22(14-16-23)20-32(29,30)25-11-5-2-6-12-25/h1-17H,18-20H2. The van der Waals surface area contributed by atoms with Crippen molar-refractivity contribution in [3.8, 4) is 0 Å². The summed E-state index contributed by atoms with van der Waals surface area (Å²) in [6, 6.07) is 28.5. The van der Waals surface area contributed by atoms with E-state index in [-0.39, 0.29) is 16.6 Å². The minimum absolute atomic E-state index is 0.119. The summed E-state index contributed by atoms with van der Waals surface area (Å²) in [5.41, 5.74) is 2.14. The van der Waals surface area contributed by atoms with Gasteiger partial charge >= 0.3 is 0 Å². The molecule has 5 nitrogen and oxygen atoms in total. The van der Waals surface area contributed by atoms with Crippen LogP contribution in [0.5, 0.6) is 0 Å². The first kappa shape index (κ1) is 21.6. The number of rotatable bonds is 8. The van der Waals surface area contributed by atoms with E-state index in [1.807, 2.05) is 36.4 Å². The number of carbonyl (C=O) groups excluding carboxylic acids is 1. The van der Waals surface area contributed by atoms with Crippen molar-refractivity contribution in [3.05, 3.63) is 126 Å². The van der Waals surface area contributed by atoms with Gasteiger partial charge in [-0.2, -0.15) is 0 Å². The van der Waals surface area contributed by atoms with Gasteiger partial charge in [-0.1, -0.05) is 60.7 Å². The van der Waals surface area contributed by atoms with E-state index in [0.717, 1.165) is 5.56 Å². The Morgan fingerprint density at radius 3 is 2.00 bits per heavy atom. The van der Waals surface area contributed by atoms with Crippen molar-refractivity contribution in [1.82, 2.24) is 4.90 Å². The first-order valence-corrected chi connectivity index (χ1v) is 11.9. The molecule has 4 rings (SSSR count). The third-order valence-electron chi connectivity index (χ3n) is 5.09. The molecule has 6 heteroatoms. The monoisotopic (exact) mass is 445 g/mol. The summed E-state index contributed by atoms with van der Waals surface area (Å²) in [5.74, 6) is 0.425. The Balaban J connectivity index is 1.52. The summed E-state index contributed by atoms with van der Waals surface area (Å²) in [7, 11) is -3.45. The highest BCUT2D eigenvalue weighted by molar-refractivity contribution is 7.90. The topological polar surface area (TPSA) is 67.6 Å². The summed E-state index contributed by atoms with van der Waals surface area (Å²) in [4.78, 5) is 15.3. The third kappa shape index (κ3) is 5.34. The van der Waals surface area contributed by atoms with Gasteiger partial charge in [-0.15, -0.1) is 0 Å². The maximum atomic E-state index is 13.3. The van der Waals surface area contributed by atoms with E-state index in [4.69, 9.17) is 4.42 Å². The molecule has 0 radical (unpaired) electrons. The van der Waals surface area contributed by atoms with Gasteiger partial charge < -0.3 is 9.32 Å².